The minimum Gasteiger partial charge on any atom is -0.481 e. The van der Waals surface area contributed by atoms with E-state index < -0.39 is 224 Å². The fourth-order valence-corrected chi connectivity index (χ4v) is 11.2. The number of carbonyl (C=O) groups excluding carboxylic acids is 13. The first kappa shape index (κ1) is 82.1. The number of amides is 13. The summed E-state index contributed by atoms with van der Waals surface area (Å²) in [7, 11) is 0. The Morgan fingerprint density at radius 1 is 0.443 bits per heavy atom. The van der Waals surface area contributed by atoms with Crippen molar-refractivity contribution >= 4 is 101 Å². The third-order valence-electron chi connectivity index (χ3n) is 16.5. The molecule has 19 N–H and O–H groups in total. The van der Waals surface area contributed by atoms with Gasteiger partial charge in [0.2, 0.25) is 76.8 Å². The van der Waals surface area contributed by atoms with Gasteiger partial charge in [0.15, 0.2) is 0 Å². The molecule has 3 aliphatic heterocycles. The smallest absolute Gasteiger partial charge is 0.326 e. The highest BCUT2D eigenvalue weighted by atomic mass is 16.4. The molecule has 3 aliphatic rings. The van der Waals surface area contributed by atoms with Gasteiger partial charge in [-0.2, -0.15) is 0 Å². The Labute approximate surface area is 561 Å². The number of unbranched alkanes of at least 4 members (excludes halogenated alkanes) is 1. The second-order valence-corrected chi connectivity index (χ2v) is 25.7. The van der Waals surface area contributed by atoms with Gasteiger partial charge in [0.25, 0.3) is 0 Å². The van der Waals surface area contributed by atoms with Crippen molar-refractivity contribution < 1.29 is 102 Å². The summed E-state index contributed by atoms with van der Waals surface area (Å²) in [5.41, 5.74) is 11.1. The highest BCUT2D eigenvalue weighted by molar-refractivity contribution is 6.01. The van der Waals surface area contributed by atoms with Crippen molar-refractivity contribution in [2.24, 2.45) is 29.2 Å². The van der Waals surface area contributed by atoms with Crippen LogP contribution in [0.15, 0.2) is 0 Å². The van der Waals surface area contributed by atoms with Crippen LogP contribution in [0.2, 0.25) is 0 Å². The van der Waals surface area contributed by atoms with Crippen LogP contribution in [0.5, 0.6) is 0 Å². The molecule has 3 saturated heterocycles. The summed E-state index contributed by atoms with van der Waals surface area (Å²) in [6, 6.07) is -18.0. The maximum absolute atomic E-state index is 14.6. The standard InChI is InChI=1S/C61H99N15O21/c1-29(2)26-38(55(90)73-47(30(3)4)58(93)68-35(14-9-10-22-62)52(87)67-36(18-20-43(63)77)53(88)70-39(27-45(80)81)54(89)72-40(61(96)97)28-46(82)83)71-56(91)41-16-13-25-76(41)60(95)48(31(5)6)74-57(92)42-17-12-24-75(42)59(94)37(19-21-44(78)79)69-50(85)33(8)65-49(84)32(7)66-51(86)34-15-11-23-64-34/h29-42,47-48,64H,9-28,62H2,1-8H3,(H2,63,77)(H,65,84)(H,66,86)(H,67,87)(H,68,93)(H,69,85)(H,70,88)(H,71,91)(H,72,89)(H,73,90)(H,74,92)(H,78,79)(H,80,81)(H,82,83)(H,96,97)/t32-,33-,34-,35-,36-,37-,38-,39-,40-,41-,42-,47-,48-/m0/s1. The van der Waals surface area contributed by atoms with Crippen molar-refractivity contribution in [2.45, 2.75) is 237 Å². The lowest BCUT2D eigenvalue weighted by atomic mass is 9.98. The summed E-state index contributed by atoms with van der Waals surface area (Å²) in [5.74, 6) is -19.3. The molecule has 0 bridgehead atoms. The molecular weight excluding hydrogens is 1280 g/mol. The molecule has 13 amide bonds. The van der Waals surface area contributed by atoms with Crippen molar-refractivity contribution in [2.75, 3.05) is 26.2 Å². The zero-order chi connectivity index (χ0) is 73.1. The summed E-state index contributed by atoms with van der Waals surface area (Å²) in [5, 5.41) is 65.3. The number of nitrogens with two attached hydrogens (primary N) is 2. The maximum atomic E-state index is 14.6. The quantitative estimate of drug-likeness (QED) is 0.0256. The number of likely N-dealkylation sites (tertiary alicyclic amines) is 2. The van der Waals surface area contributed by atoms with Crippen molar-refractivity contribution in [3.05, 3.63) is 0 Å². The lowest BCUT2D eigenvalue weighted by molar-refractivity contribution is -0.148. The van der Waals surface area contributed by atoms with Crippen LogP contribution in [0, 0.1) is 17.8 Å². The van der Waals surface area contributed by atoms with Crippen LogP contribution in [-0.2, 0) is 81.5 Å². The van der Waals surface area contributed by atoms with Crippen LogP contribution < -0.4 is 70.0 Å². The lowest BCUT2D eigenvalue weighted by Gasteiger charge is -2.33. The normalized spacial score (nSPS) is 19.0. The molecule has 3 rings (SSSR count). The largest absolute Gasteiger partial charge is 0.481 e. The number of nitrogens with one attached hydrogen (secondary N) is 11. The molecule has 544 valence electrons. The topological polar surface area (TPSA) is 562 Å². The van der Waals surface area contributed by atoms with E-state index in [1.807, 2.05) is 5.32 Å². The number of carboxylic acid groups (broad SMARTS) is 4. The molecule has 0 unspecified atom stereocenters. The van der Waals surface area contributed by atoms with E-state index in [9.17, 15) is 96.8 Å². The van der Waals surface area contributed by atoms with E-state index in [2.05, 4.69) is 53.2 Å². The van der Waals surface area contributed by atoms with Crippen molar-refractivity contribution in [3.63, 3.8) is 0 Å². The van der Waals surface area contributed by atoms with Gasteiger partial charge >= 0.3 is 23.9 Å². The number of carbonyl (C=O) groups is 17. The predicted molar refractivity (Wildman–Crippen MR) is 341 cm³/mol. The zero-order valence-corrected chi connectivity index (χ0v) is 56.2. The monoisotopic (exact) mass is 1380 g/mol. The molecule has 0 spiro atoms. The highest BCUT2D eigenvalue weighted by Crippen LogP contribution is 2.24. The van der Waals surface area contributed by atoms with E-state index >= 15 is 0 Å². The third-order valence-corrected chi connectivity index (χ3v) is 16.5. The van der Waals surface area contributed by atoms with Gasteiger partial charge in [-0.05, 0) is 122 Å². The second kappa shape index (κ2) is 39.8. The average Bonchev–Trinajstić information content (AvgIpc) is 1.76. The molecule has 13 atom stereocenters. The van der Waals surface area contributed by atoms with Gasteiger partial charge in [-0.15, -0.1) is 0 Å². The minimum absolute atomic E-state index is 0.0114. The van der Waals surface area contributed by atoms with Crippen LogP contribution in [0.4, 0.5) is 0 Å². The van der Waals surface area contributed by atoms with Crippen LogP contribution in [0.3, 0.4) is 0 Å². The van der Waals surface area contributed by atoms with E-state index in [4.69, 9.17) is 16.6 Å². The van der Waals surface area contributed by atoms with Gasteiger partial charge < -0.3 is 100 Å². The fourth-order valence-electron chi connectivity index (χ4n) is 11.2. The molecule has 36 nitrogen and oxygen atoms in total. The molecule has 97 heavy (non-hydrogen) atoms. The van der Waals surface area contributed by atoms with E-state index in [1.54, 1.807) is 41.5 Å². The summed E-state index contributed by atoms with van der Waals surface area (Å²) in [4.78, 5) is 227. The van der Waals surface area contributed by atoms with Gasteiger partial charge in [-0.3, -0.25) is 76.7 Å². The number of hydrogen-bond donors (Lipinski definition) is 17. The highest BCUT2D eigenvalue weighted by Gasteiger charge is 2.44. The Morgan fingerprint density at radius 3 is 1.43 bits per heavy atom. The molecule has 0 saturated carbocycles. The van der Waals surface area contributed by atoms with Crippen molar-refractivity contribution in [1.82, 2.24) is 68.3 Å². The number of nitrogens with zero attached hydrogens (tertiary/aromatic N) is 2. The number of carboxylic acids is 4. The summed E-state index contributed by atoms with van der Waals surface area (Å²) < 4.78 is 0. The summed E-state index contributed by atoms with van der Waals surface area (Å²) in [6.45, 7) is 13.6. The predicted octanol–water partition coefficient (Wildman–Crippen LogP) is -4.74. The second-order valence-electron chi connectivity index (χ2n) is 25.7. The van der Waals surface area contributed by atoms with Crippen LogP contribution in [-0.4, -0.2) is 236 Å². The number of primary amides is 1. The third kappa shape index (κ3) is 26.8. The Hall–Kier alpha value is -9.09. The minimum atomic E-state index is -2.05. The van der Waals surface area contributed by atoms with Crippen molar-refractivity contribution in [1.29, 1.82) is 0 Å². The number of rotatable bonds is 41. The molecule has 36 heteroatoms. The first-order valence-corrected chi connectivity index (χ1v) is 32.7. The summed E-state index contributed by atoms with van der Waals surface area (Å²) >= 11 is 0. The van der Waals surface area contributed by atoms with Gasteiger partial charge in [-0.25, -0.2) is 4.79 Å². The van der Waals surface area contributed by atoms with E-state index in [-0.39, 0.29) is 63.6 Å². The maximum Gasteiger partial charge on any atom is 0.326 e. The molecule has 0 aromatic rings. The fraction of sp³-hybridized carbons (Fsp3) is 0.721. The van der Waals surface area contributed by atoms with E-state index in [0.717, 1.165) is 6.42 Å². The lowest BCUT2D eigenvalue weighted by Crippen LogP contribution is -2.61. The Morgan fingerprint density at radius 2 is 0.918 bits per heavy atom. The Bertz CT molecular complexity index is 2870. The first-order valence-electron chi connectivity index (χ1n) is 32.7. The molecule has 3 heterocycles. The van der Waals surface area contributed by atoms with Gasteiger partial charge in [-0.1, -0.05) is 41.5 Å². The molecule has 0 radical (unpaired) electrons. The van der Waals surface area contributed by atoms with Gasteiger partial charge in [0.05, 0.1) is 18.9 Å². The molecule has 3 fully saturated rings. The molecule has 0 aromatic carbocycles. The summed E-state index contributed by atoms with van der Waals surface area (Å²) in [6.07, 6.45) is -1.69. The van der Waals surface area contributed by atoms with Crippen molar-refractivity contribution in [3.8, 4) is 0 Å². The first-order chi connectivity index (χ1) is 45.5. The van der Waals surface area contributed by atoms with Gasteiger partial charge in [0, 0.05) is 25.9 Å². The van der Waals surface area contributed by atoms with E-state index in [1.165, 1.54) is 23.6 Å². The Kier molecular flexibility index (Phi) is 33.7. The molecule has 0 aromatic heterocycles. The van der Waals surface area contributed by atoms with Crippen LogP contribution >= 0.6 is 0 Å². The zero-order valence-electron chi connectivity index (χ0n) is 56.2. The molecule has 0 aliphatic carbocycles. The number of aliphatic carboxylic acids is 4. The Balaban J connectivity index is 1.80. The molecular formula is C61H99N15O21. The van der Waals surface area contributed by atoms with Crippen LogP contribution in [0.1, 0.15) is 158 Å². The average molecular weight is 1380 g/mol. The van der Waals surface area contributed by atoms with E-state index in [0.29, 0.717) is 32.2 Å². The van der Waals surface area contributed by atoms with Gasteiger partial charge in [0.1, 0.15) is 72.5 Å². The number of hydrogen-bond acceptors (Lipinski definition) is 19. The SMILES string of the molecule is CC(C)C[C@H](NC(=O)[C@@H]1CCCN1C(=O)[C@@H](NC(=O)[C@@H]1CCCN1C(=O)[C@H](CCC(=O)O)NC(=O)[C@H](C)NC(=O)[C@H](C)NC(=O)[C@@H]1CCCN1)C(C)C)C(=O)N[C@H](C(=O)N[C@@H](CCCCN)C(=O)N[C@@H](CCC(N)=O)C(=O)N[C@@H](CC(=O)O)C(=O)N[C@@H](CC(=O)O)C(=O)O)C(C)C. The van der Waals surface area contributed by atoms with Crippen LogP contribution in [0.25, 0.3) is 0 Å².